The first kappa shape index (κ1) is 31.5. The minimum absolute atomic E-state index is 0. The molecule has 0 aliphatic carbocycles. The molecule has 0 spiro atoms. The van der Waals surface area contributed by atoms with Crippen molar-refractivity contribution in [3.63, 3.8) is 0 Å². The molecule has 0 unspecified atom stereocenters. The molecule has 0 aliphatic heterocycles. The number of hydrogen-bond acceptors (Lipinski definition) is 5. The minimum Gasteiger partial charge on any atom is -0.501 e. The third-order valence-electron chi connectivity index (χ3n) is 8.55. The molecule has 8 rings (SSSR count). The Balaban J connectivity index is 0.000000289. The van der Waals surface area contributed by atoms with E-state index in [0.717, 1.165) is 44.4 Å². The number of fused-ring (bicyclic) bond motifs is 4. The molecule has 0 atom stereocenters. The Morgan fingerprint density at radius 1 is 0.820 bits per heavy atom. The molecule has 1 radical (unpaired) electrons. The van der Waals surface area contributed by atoms with Crippen LogP contribution in [0.5, 0.6) is 0 Å². The van der Waals surface area contributed by atoms with Crippen molar-refractivity contribution in [3.8, 4) is 33.6 Å². The van der Waals surface area contributed by atoms with Crippen LogP contribution in [0.25, 0.3) is 65.8 Å². The third-order valence-corrected chi connectivity index (χ3v) is 9.38. The molecule has 50 heavy (non-hydrogen) atoms. The molecule has 0 bridgehead atoms. The summed E-state index contributed by atoms with van der Waals surface area (Å²) in [7, 11) is 0. The van der Waals surface area contributed by atoms with Crippen molar-refractivity contribution in [2.75, 3.05) is 0 Å². The number of rotatable bonds is 4. The van der Waals surface area contributed by atoms with Gasteiger partial charge in [0.1, 0.15) is 5.58 Å². The molecule has 4 nitrogen and oxygen atoms in total. The number of nitrogens with zero attached hydrogens (tertiary/aromatic N) is 3. The van der Waals surface area contributed by atoms with Gasteiger partial charge < -0.3 is 14.4 Å². The summed E-state index contributed by atoms with van der Waals surface area (Å²) in [6, 6.07) is 34.8. The zero-order valence-corrected chi connectivity index (χ0v) is 32.1. The summed E-state index contributed by atoms with van der Waals surface area (Å²) in [5, 5.41) is 2.01. The van der Waals surface area contributed by atoms with Crippen molar-refractivity contribution < 1.29 is 28.6 Å². The van der Waals surface area contributed by atoms with E-state index in [0.29, 0.717) is 16.7 Å². The summed E-state index contributed by atoms with van der Waals surface area (Å²) in [6.45, 7) is 10.9. The van der Waals surface area contributed by atoms with Gasteiger partial charge in [0, 0.05) is 48.1 Å². The smallest absolute Gasteiger partial charge is 0.123 e. The molecule has 253 valence electrons. The Morgan fingerprint density at radius 3 is 2.32 bits per heavy atom. The van der Waals surface area contributed by atoms with E-state index in [4.69, 9.17) is 13.5 Å². The molecule has 0 amide bonds. The van der Waals surface area contributed by atoms with Crippen LogP contribution in [0, 0.1) is 45.2 Å². The predicted molar refractivity (Wildman–Crippen MR) is 205 cm³/mol. The number of pyridine rings is 2. The van der Waals surface area contributed by atoms with Crippen molar-refractivity contribution in [1.29, 1.82) is 0 Å². The normalized spacial score (nSPS) is 12.6. The summed E-state index contributed by atoms with van der Waals surface area (Å²) in [5.41, 5.74) is 13.1. The van der Waals surface area contributed by atoms with E-state index in [1.807, 2.05) is 73.9 Å². The second-order valence-electron chi connectivity index (χ2n) is 13.8. The Bertz CT molecular complexity index is 2530. The van der Waals surface area contributed by atoms with Gasteiger partial charge in [-0.2, -0.15) is 0 Å². The average molecular weight is 853 g/mol. The topological polar surface area (TPSA) is 51.8 Å². The number of benzene rings is 4. The van der Waals surface area contributed by atoms with Crippen molar-refractivity contribution in [3.05, 3.63) is 137 Å². The van der Waals surface area contributed by atoms with E-state index in [-0.39, 0.29) is 30.5 Å². The monoisotopic (exact) mass is 853 g/mol. The number of aryl methyl sites for hydroxylation is 4. The van der Waals surface area contributed by atoms with Crippen LogP contribution in [0.4, 0.5) is 0 Å². The second-order valence-corrected chi connectivity index (χ2v) is 14.8. The van der Waals surface area contributed by atoms with Crippen molar-refractivity contribution >= 4 is 43.5 Å². The Morgan fingerprint density at radius 2 is 1.62 bits per heavy atom. The molecule has 4 heterocycles. The maximum absolute atomic E-state index is 7.72. The molecule has 0 saturated carbocycles. The quantitative estimate of drug-likeness (QED) is 0.166. The van der Waals surface area contributed by atoms with Gasteiger partial charge in [0.05, 0.1) is 20.8 Å². The standard InChI is InChI=1S/C32H29N2OS.C12H10N.Ir/c1-18-9-7-10-19(2)30(18)24-13-26(33-17-21(24)16-32(4,5)6)23-12-8-11-22-25-14-29-27(34-20(3)36-29)15-28(25)35-31(22)23;1-10-7-8-12(13-9-10)11-5-3-2-4-6-11;/h7-11,13-15,17H,16H2,1-6H3;2-5,7-9H,1H3;/q2*-1;/i3D3;;. The van der Waals surface area contributed by atoms with Crippen molar-refractivity contribution in [2.45, 2.75) is 54.8 Å². The Kier molecular flexibility index (Phi) is 9.07. The summed E-state index contributed by atoms with van der Waals surface area (Å²) in [5.74, 6) is 0. The molecular weight excluding hydrogens is 811 g/mol. The maximum Gasteiger partial charge on any atom is 0.123 e. The van der Waals surface area contributed by atoms with Gasteiger partial charge in [0.15, 0.2) is 0 Å². The van der Waals surface area contributed by atoms with Gasteiger partial charge in [0.2, 0.25) is 0 Å². The fraction of sp³-hybridized carbons (Fsp3) is 0.205. The maximum atomic E-state index is 7.72. The fourth-order valence-electron chi connectivity index (χ4n) is 6.34. The Hall–Kier alpha value is -4.48. The number of aromatic nitrogens is 3. The molecule has 0 fully saturated rings. The molecule has 0 N–H and O–H groups in total. The number of thiazole rings is 1. The Labute approximate surface area is 316 Å². The zero-order chi connectivity index (χ0) is 36.8. The van der Waals surface area contributed by atoms with Gasteiger partial charge in [0.25, 0.3) is 0 Å². The van der Waals surface area contributed by atoms with Crippen molar-refractivity contribution in [1.82, 2.24) is 15.0 Å². The van der Waals surface area contributed by atoms with Crippen LogP contribution < -0.4 is 0 Å². The van der Waals surface area contributed by atoms with E-state index in [9.17, 15) is 0 Å². The van der Waals surface area contributed by atoms with Gasteiger partial charge >= 0.3 is 0 Å². The predicted octanol–water partition coefficient (Wildman–Crippen LogP) is 12.1. The van der Waals surface area contributed by atoms with Crippen LogP contribution in [0.2, 0.25) is 0 Å². The van der Waals surface area contributed by atoms with Crippen LogP contribution in [-0.2, 0) is 26.5 Å². The zero-order valence-electron chi connectivity index (χ0n) is 31.9. The van der Waals surface area contributed by atoms with Crippen LogP contribution in [0.1, 0.15) is 52.1 Å². The van der Waals surface area contributed by atoms with Gasteiger partial charge in [-0.3, -0.25) is 0 Å². The van der Waals surface area contributed by atoms with Crippen molar-refractivity contribution in [2.24, 2.45) is 5.41 Å². The first-order valence-corrected chi connectivity index (χ1v) is 17.2. The molecule has 8 aromatic rings. The second kappa shape index (κ2) is 14.4. The molecule has 0 saturated heterocycles. The number of hydrogen-bond donors (Lipinski definition) is 0. The van der Waals surface area contributed by atoms with E-state index >= 15 is 0 Å². The minimum atomic E-state index is -2.23. The molecule has 0 aliphatic rings. The largest absolute Gasteiger partial charge is 0.501 e. The molecule has 6 heteroatoms. The van der Waals surface area contributed by atoms with Gasteiger partial charge in [-0.15, -0.1) is 65.4 Å². The number of furan rings is 1. The van der Waals surface area contributed by atoms with Crippen LogP contribution in [0.15, 0.2) is 102 Å². The first-order chi connectivity index (χ1) is 24.7. The third kappa shape index (κ3) is 7.34. The van der Waals surface area contributed by atoms with Gasteiger partial charge in [-0.1, -0.05) is 68.1 Å². The molecule has 4 aromatic heterocycles. The van der Waals surface area contributed by atoms with Crippen LogP contribution in [0.3, 0.4) is 0 Å². The van der Waals surface area contributed by atoms with Crippen LogP contribution in [-0.4, -0.2) is 15.0 Å². The van der Waals surface area contributed by atoms with Gasteiger partial charge in [-0.25, -0.2) is 4.98 Å². The summed E-state index contributed by atoms with van der Waals surface area (Å²) < 4.78 is 30.4. The van der Waals surface area contributed by atoms with Crippen LogP contribution >= 0.6 is 11.3 Å². The summed E-state index contributed by atoms with van der Waals surface area (Å²) in [4.78, 5) is 13.6. The first-order valence-electron chi connectivity index (χ1n) is 17.9. The van der Waals surface area contributed by atoms with Gasteiger partial charge in [-0.05, 0) is 90.3 Å². The molecular formula is C44H39IrN3OS-2. The molecule has 4 aromatic carbocycles. The SMILES string of the molecule is Cc1ccc(-c2[c-]cccc2)nc1.[2H]C([2H])([2H])c1nc2cc3oc4c(-c5cc(-c6c(C)cccc6C)c(CC(C)(C)C)cn5)[c-]ccc4c3cc2s1.[Ir]. The van der Waals surface area contributed by atoms with E-state index in [2.05, 4.69) is 87.1 Å². The van der Waals surface area contributed by atoms with E-state index in [1.54, 1.807) is 0 Å². The average Bonchev–Trinajstić information content (AvgIpc) is 3.69. The van der Waals surface area contributed by atoms with E-state index in [1.165, 1.54) is 44.7 Å². The summed E-state index contributed by atoms with van der Waals surface area (Å²) >= 11 is 1.20. The van der Waals surface area contributed by atoms with E-state index < -0.39 is 6.85 Å². The fourth-order valence-corrected chi connectivity index (χ4v) is 7.07. The summed E-state index contributed by atoms with van der Waals surface area (Å²) in [6.07, 6.45) is 4.79.